The molecule has 1 atom stereocenters. The third-order valence-electron chi connectivity index (χ3n) is 5.05. The Morgan fingerprint density at radius 1 is 0.933 bits per heavy atom. The number of nitrogens with one attached hydrogen (secondary N) is 2. The number of hydrazone groups is 1. The van der Waals surface area contributed by atoms with Crippen LogP contribution in [0.25, 0.3) is 21.5 Å². The van der Waals surface area contributed by atoms with Gasteiger partial charge in [0.25, 0.3) is 5.91 Å². The van der Waals surface area contributed by atoms with Crippen LogP contribution in [0.1, 0.15) is 12.5 Å². The SMILES string of the molecule is COc1ccccc1NC(C)C(=O)N/N=C/c1c2ccccc2cc2ccccc12. The van der Waals surface area contributed by atoms with Gasteiger partial charge in [0.15, 0.2) is 0 Å². The summed E-state index contributed by atoms with van der Waals surface area (Å²) in [4.78, 5) is 12.5. The van der Waals surface area contributed by atoms with Gasteiger partial charge in [0.2, 0.25) is 0 Å². The van der Waals surface area contributed by atoms with Crippen LogP contribution in [-0.4, -0.2) is 25.3 Å². The number of hydrogen-bond acceptors (Lipinski definition) is 4. The summed E-state index contributed by atoms with van der Waals surface area (Å²) >= 11 is 0. The number of methoxy groups -OCH3 is 1. The molecule has 0 radical (unpaired) electrons. The number of benzene rings is 4. The van der Waals surface area contributed by atoms with Crippen molar-refractivity contribution in [2.75, 3.05) is 12.4 Å². The van der Waals surface area contributed by atoms with Crippen molar-refractivity contribution in [2.24, 2.45) is 5.10 Å². The van der Waals surface area contributed by atoms with Crippen LogP contribution in [-0.2, 0) is 4.79 Å². The van der Waals surface area contributed by atoms with E-state index in [0.717, 1.165) is 32.8 Å². The molecule has 0 fully saturated rings. The minimum absolute atomic E-state index is 0.235. The second-order valence-corrected chi connectivity index (χ2v) is 7.03. The highest BCUT2D eigenvalue weighted by Gasteiger charge is 2.14. The first-order valence-corrected chi connectivity index (χ1v) is 9.80. The average Bonchev–Trinajstić information content (AvgIpc) is 2.78. The fraction of sp³-hybridized carbons (Fsp3) is 0.120. The predicted octanol–water partition coefficient (Wildman–Crippen LogP) is 4.95. The first kappa shape index (κ1) is 19.5. The molecule has 150 valence electrons. The highest BCUT2D eigenvalue weighted by molar-refractivity contribution is 6.13. The number of para-hydroxylation sites is 2. The molecule has 0 heterocycles. The summed E-state index contributed by atoms with van der Waals surface area (Å²) in [5.41, 5.74) is 4.38. The van der Waals surface area contributed by atoms with Gasteiger partial charge in [-0.05, 0) is 46.7 Å². The monoisotopic (exact) mass is 397 g/mol. The number of anilines is 1. The molecule has 0 aliphatic heterocycles. The summed E-state index contributed by atoms with van der Waals surface area (Å²) in [5.74, 6) is 0.449. The predicted molar refractivity (Wildman–Crippen MR) is 123 cm³/mol. The summed E-state index contributed by atoms with van der Waals surface area (Å²) in [6.45, 7) is 1.78. The van der Waals surface area contributed by atoms with E-state index in [1.165, 1.54) is 0 Å². The molecule has 0 saturated heterocycles. The van der Waals surface area contributed by atoms with Gasteiger partial charge in [-0.15, -0.1) is 0 Å². The molecule has 5 nitrogen and oxygen atoms in total. The van der Waals surface area contributed by atoms with Crippen LogP contribution in [0.15, 0.2) is 84.0 Å². The number of hydrogen-bond donors (Lipinski definition) is 2. The second kappa shape index (κ2) is 8.66. The fourth-order valence-electron chi connectivity index (χ4n) is 3.51. The lowest BCUT2D eigenvalue weighted by atomic mass is 9.97. The summed E-state index contributed by atoms with van der Waals surface area (Å²) < 4.78 is 5.32. The number of ether oxygens (including phenoxy) is 1. The highest BCUT2D eigenvalue weighted by Crippen LogP contribution is 2.27. The second-order valence-electron chi connectivity index (χ2n) is 7.03. The van der Waals surface area contributed by atoms with Crippen molar-refractivity contribution in [1.29, 1.82) is 0 Å². The molecule has 4 aromatic rings. The molecular formula is C25H23N3O2. The molecule has 0 saturated carbocycles. The van der Waals surface area contributed by atoms with E-state index >= 15 is 0 Å². The molecule has 0 aromatic heterocycles. The van der Waals surface area contributed by atoms with E-state index in [9.17, 15) is 4.79 Å². The van der Waals surface area contributed by atoms with Crippen LogP contribution in [0.2, 0.25) is 0 Å². The molecule has 4 aromatic carbocycles. The van der Waals surface area contributed by atoms with Gasteiger partial charge in [0.05, 0.1) is 19.0 Å². The summed E-state index contributed by atoms with van der Waals surface area (Å²) in [6, 6.07) is 25.5. The molecule has 5 heteroatoms. The molecule has 30 heavy (non-hydrogen) atoms. The van der Waals surface area contributed by atoms with Crippen LogP contribution in [0.5, 0.6) is 5.75 Å². The van der Waals surface area contributed by atoms with Gasteiger partial charge in [-0.2, -0.15) is 5.10 Å². The quantitative estimate of drug-likeness (QED) is 0.275. The van der Waals surface area contributed by atoms with Crippen molar-refractivity contribution >= 4 is 39.4 Å². The van der Waals surface area contributed by atoms with Crippen molar-refractivity contribution in [1.82, 2.24) is 5.43 Å². The minimum Gasteiger partial charge on any atom is -0.495 e. The Labute approximate surface area is 175 Å². The van der Waals surface area contributed by atoms with Gasteiger partial charge in [0.1, 0.15) is 11.8 Å². The highest BCUT2D eigenvalue weighted by atomic mass is 16.5. The van der Waals surface area contributed by atoms with Gasteiger partial charge < -0.3 is 10.1 Å². The van der Waals surface area contributed by atoms with E-state index in [4.69, 9.17) is 4.74 Å². The maximum absolute atomic E-state index is 12.5. The summed E-state index contributed by atoms with van der Waals surface area (Å²) in [7, 11) is 1.60. The number of nitrogens with zero attached hydrogens (tertiary/aromatic N) is 1. The van der Waals surface area contributed by atoms with Crippen LogP contribution in [0.3, 0.4) is 0 Å². The van der Waals surface area contributed by atoms with Crippen LogP contribution >= 0.6 is 0 Å². The van der Waals surface area contributed by atoms with Gasteiger partial charge >= 0.3 is 0 Å². The smallest absolute Gasteiger partial charge is 0.262 e. The first-order valence-electron chi connectivity index (χ1n) is 9.80. The molecule has 0 aliphatic carbocycles. The van der Waals surface area contributed by atoms with E-state index in [1.54, 1.807) is 20.2 Å². The lowest BCUT2D eigenvalue weighted by Crippen LogP contribution is -2.35. The van der Waals surface area contributed by atoms with E-state index < -0.39 is 6.04 Å². The lowest BCUT2D eigenvalue weighted by Gasteiger charge is -2.16. The number of fused-ring (bicyclic) bond motifs is 2. The molecule has 0 spiro atoms. The molecule has 1 amide bonds. The van der Waals surface area contributed by atoms with Gasteiger partial charge in [0, 0.05) is 5.56 Å². The van der Waals surface area contributed by atoms with E-state index in [2.05, 4.69) is 46.2 Å². The van der Waals surface area contributed by atoms with Crippen molar-refractivity contribution in [2.45, 2.75) is 13.0 Å². The first-order chi connectivity index (χ1) is 14.7. The standard InChI is InChI=1S/C25H23N3O2/c1-17(27-23-13-7-8-14-24(23)30-2)25(29)28-26-16-22-20-11-5-3-9-18(20)15-19-10-4-6-12-21(19)22/h3-17,27H,1-2H3,(H,28,29)/b26-16+. The van der Waals surface area contributed by atoms with E-state index in [0.29, 0.717) is 5.75 Å². The normalized spacial score (nSPS) is 12.2. The van der Waals surface area contributed by atoms with Crippen LogP contribution in [0, 0.1) is 0 Å². The number of carbonyl (C=O) groups is 1. The zero-order chi connectivity index (χ0) is 20.9. The largest absolute Gasteiger partial charge is 0.495 e. The van der Waals surface area contributed by atoms with Crippen molar-refractivity contribution < 1.29 is 9.53 Å². The maximum atomic E-state index is 12.5. The minimum atomic E-state index is -0.484. The lowest BCUT2D eigenvalue weighted by molar-refractivity contribution is -0.121. The maximum Gasteiger partial charge on any atom is 0.262 e. The zero-order valence-electron chi connectivity index (χ0n) is 16.9. The fourth-order valence-corrected chi connectivity index (χ4v) is 3.51. The molecule has 0 aliphatic rings. The van der Waals surface area contributed by atoms with Crippen molar-refractivity contribution in [3.8, 4) is 5.75 Å². The Hall–Kier alpha value is -3.86. The zero-order valence-corrected chi connectivity index (χ0v) is 16.9. The van der Waals surface area contributed by atoms with Gasteiger partial charge in [-0.25, -0.2) is 5.43 Å². The van der Waals surface area contributed by atoms with Crippen molar-refractivity contribution in [3.63, 3.8) is 0 Å². The molecule has 0 bridgehead atoms. The van der Waals surface area contributed by atoms with E-state index in [1.807, 2.05) is 48.5 Å². The Morgan fingerprint density at radius 2 is 1.53 bits per heavy atom. The Morgan fingerprint density at radius 3 is 2.20 bits per heavy atom. The van der Waals surface area contributed by atoms with Gasteiger partial charge in [-0.1, -0.05) is 60.7 Å². The average molecular weight is 397 g/mol. The Balaban J connectivity index is 1.55. The summed E-state index contributed by atoms with van der Waals surface area (Å²) in [5, 5.41) is 11.9. The molecule has 2 N–H and O–H groups in total. The van der Waals surface area contributed by atoms with E-state index in [-0.39, 0.29) is 5.91 Å². The third-order valence-corrected chi connectivity index (χ3v) is 5.05. The molecular weight excluding hydrogens is 374 g/mol. The molecule has 4 rings (SSSR count). The van der Waals surface area contributed by atoms with Crippen LogP contribution < -0.4 is 15.5 Å². The van der Waals surface area contributed by atoms with Crippen LogP contribution in [0.4, 0.5) is 5.69 Å². The Kier molecular flexibility index (Phi) is 5.61. The Bertz CT molecular complexity index is 1180. The summed E-state index contributed by atoms with van der Waals surface area (Å²) in [6.07, 6.45) is 1.72. The number of amides is 1. The number of rotatable bonds is 6. The topological polar surface area (TPSA) is 62.7 Å². The number of carbonyl (C=O) groups excluding carboxylic acids is 1. The molecule has 1 unspecified atom stereocenters. The van der Waals surface area contributed by atoms with Crippen molar-refractivity contribution in [3.05, 3.63) is 84.4 Å². The van der Waals surface area contributed by atoms with Gasteiger partial charge in [-0.3, -0.25) is 4.79 Å². The third kappa shape index (κ3) is 3.96.